The van der Waals surface area contributed by atoms with Gasteiger partial charge in [-0.2, -0.15) is 0 Å². The summed E-state index contributed by atoms with van der Waals surface area (Å²) in [7, 11) is 0. The smallest absolute Gasteiger partial charge is 0.0390 e. The molecule has 0 atom stereocenters. The van der Waals surface area contributed by atoms with Crippen LogP contribution < -0.4 is 5.32 Å². The molecule has 0 aromatic heterocycles. The molecule has 0 bridgehead atoms. The van der Waals surface area contributed by atoms with E-state index in [1.807, 2.05) is 32.1 Å². The van der Waals surface area contributed by atoms with Crippen molar-refractivity contribution in [2.75, 3.05) is 5.32 Å². The fraction of sp³-hybridized carbons (Fsp3) is 0.111. The minimum atomic E-state index is 0.940. The maximum atomic E-state index is 3.76. The second kappa shape index (κ2) is 7.93. The molecule has 0 unspecified atom stereocenters. The molecule has 0 aliphatic carbocycles. The lowest BCUT2D eigenvalue weighted by Gasteiger charge is -2.07. The van der Waals surface area contributed by atoms with E-state index in [0.717, 1.165) is 11.4 Å². The molecule has 19 heavy (non-hydrogen) atoms. The van der Waals surface area contributed by atoms with Crippen molar-refractivity contribution in [2.45, 2.75) is 13.8 Å². The Kier molecular flexibility index (Phi) is 6.17. The molecular formula is C18H21N. The van der Waals surface area contributed by atoms with Gasteiger partial charge in [-0.3, -0.25) is 0 Å². The molecule has 0 amide bonds. The van der Waals surface area contributed by atoms with E-state index >= 15 is 0 Å². The number of fused-ring (bicyclic) bond motifs is 1. The Hall–Kier alpha value is -2.28. The number of allylic oxidation sites excluding steroid dienone is 3. The summed E-state index contributed by atoms with van der Waals surface area (Å²) in [6.07, 6.45) is 5.41. The second-order valence-corrected chi connectivity index (χ2v) is 3.75. The van der Waals surface area contributed by atoms with E-state index in [4.69, 9.17) is 0 Å². The SMILES string of the molecule is C=C/C=C(\C=C)Nc1ccc2ccccc2c1.CC. The summed E-state index contributed by atoms with van der Waals surface area (Å²) < 4.78 is 0. The third-order valence-corrected chi connectivity index (χ3v) is 2.56. The Morgan fingerprint density at radius 1 is 1.00 bits per heavy atom. The summed E-state index contributed by atoms with van der Waals surface area (Å²) >= 11 is 0. The van der Waals surface area contributed by atoms with Gasteiger partial charge in [0, 0.05) is 11.4 Å². The second-order valence-electron chi connectivity index (χ2n) is 3.75. The van der Waals surface area contributed by atoms with Crippen LogP contribution >= 0.6 is 0 Å². The number of anilines is 1. The number of nitrogens with one attached hydrogen (secondary N) is 1. The first-order valence-electron chi connectivity index (χ1n) is 6.54. The lowest BCUT2D eigenvalue weighted by atomic mass is 10.1. The highest BCUT2D eigenvalue weighted by Crippen LogP contribution is 2.20. The van der Waals surface area contributed by atoms with E-state index in [-0.39, 0.29) is 0 Å². The Morgan fingerprint density at radius 2 is 1.68 bits per heavy atom. The summed E-state index contributed by atoms with van der Waals surface area (Å²) in [5, 5.41) is 5.76. The number of hydrogen-bond donors (Lipinski definition) is 1. The van der Waals surface area contributed by atoms with Gasteiger partial charge >= 0.3 is 0 Å². The molecule has 1 heteroatoms. The van der Waals surface area contributed by atoms with E-state index in [1.165, 1.54) is 10.8 Å². The van der Waals surface area contributed by atoms with Crippen molar-refractivity contribution in [2.24, 2.45) is 0 Å². The largest absolute Gasteiger partial charge is 0.356 e. The first-order chi connectivity index (χ1) is 9.33. The Bertz CT molecular complexity index is 579. The number of hydrogen-bond acceptors (Lipinski definition) is 1. The normalized spacial score (nSPS) is 10.3. The zero-order valence-corrected chi connectivity index (χ0v) is 11.7. The van der Waals surface area contributed by atoms with Crippen LogP contribution in [0.15, 0.2) is 79.5 Å². The van der Waals surface area contributed by atoms with Crippen molar-refractivity contribution < 1.29 is 0 Å². The van der Waals surface area contributed by atoms with Crippen LogP contribution in [0.2, 0.25) is 0 Å². The highest BCUT2D eigenvalue weighted by atomic mass is 14.9. The van der Waals surface area contributed by atoms with Crippen LogP contribution in [0.3, 0.4) is 0 Å². The molecule has 98 valence electrons. The molecule has 0 fully saturated rings. The number of benzene rings is 2. The van der Waals surface area contributed by atoms with Gasteiger partial charge < -0.3 is 5.32 Å². The highest BCUT2D eigenvalue weighted by molar-refractivity contribution is 5.86. The average Bonchev–Trinajstić information content (AvgIpc) is 2.48. The minimum Gasteiger partial charge on any atom is -0.356 e. The molecule has 1 nitrogen and oxygen atoms in total. The van der Waals surface area contributed by atoms with Crippen molar-refractivity contribution in [1.82, 2.24) is 0 Å². The first-order valence-corrected chi connectivity index (χ1v) is 6.54. The first kappa shape index (κ1) is 14.8. The van der Waals surface area contributed by atoms with E-state index in [2.05, 4.69) is 48.8 Å². The van der Waals surface area contributed by atoms with Gasteiger partial charge in [0.2, 0.25) is 0 Å². The molecule has 0 aliphatic heterocycles. The number of rotatable bonds is 4. The standard InChI is InChI=1S/C16H15N.C2H6/c1-3-7-15(4-2)17-16-11-10-13-8-5-6-9-14(13)12-16;1-2/h3-12,17H,1-2H2;1-2H3/b15-7+;. The fourth-order valence-corrected chi connectivity index (χ4v) is 1.72. The van der Waals surface area contributed by atoms with Crippen LogP contribution in [0.4, 0.5) is 5.69 Å². The van der Waals surface area contributed by atoms with Gasteiger partial charge in [-0.1, -0.05) is 63.4 Å². The molecule has 0 spiro atoms. The topological polar surface area (TPSA) is 12.0 Å². The predicted octanol–water partition coefficient (Wildman–Crippen LogP) is 5.53. The molecule has 2 aromatic rings. The van der Waals surface area contributed by atoms with Crippen molar-refractivity contribution in [3.8, 4) is 0 Å². The van der Waals surface area contributed by atoms with Crippen molar-refractivity contribution in [3.63, 3.8) is 0 Å². The summed E-state index contributed by atoms with van der Waals surface area (Å²) in [4.78, 5) is 0. The summed E-state index contributed by atoms with van der Waals surface area (Å²) in [5.74, 6) is 0. The van der Waals surface area contributed by atoms with E-state index in [9.17, 15) is 0 Å². The van der Waals surface area contributed by atoms with E-state index < -0.39 is 0 Å². The lowest BCUT2D eigenvalue weighted by molar-refractivity contribution is 1.49. The van der Waals surface area contributed by atoms with E-state index in [0.29, 0.717) is 0 Å². The van der Waals surface area contributed by atoms with Crippen molar-refractivity contribution in [1.29, 1.82) is 0 Å². The third kappa shape index (κ3) is 4.14. The summed E-state index contributed by atoms with van der Waals surface area (Å²) in [5.41, 5.74) is 1.99. The Labute approximate surface area is 116 Å². The van der Waals surface area contributed by atoms with Gasteiger partial charge in [0.1, 0.15) is 0 Å². The minimum absolute atomic E-state index is 0.940. The molecule has 0 radical (unpaired) electrons. The molecular weight excluding hydrogens is 230 g/mol. The van der Waals surface area contributed by atoms with Crippen LogP contribution in [0.25, 0.3) is 10.8 Å². The van der Waals surface area contributed by atoms with Crippen LogP contribution in [0.1, 0.15) is 13.8 Å². The molecule has 0 saturated carbocycles. The van der Waals surface area contributed by atoms with Gasteiger partial charge in [0.05, 0.1) is 0 Å². The average molecular weight is 251 g/mol. The van der Waals surface area contributed by atoms with Crippen molar-refractivity contribution >= 4 is 16.5 Å². The highest BCUT2D eigenvalue weighted by Gasteiger charge is 1.96. The third-order valence-electron chi connectivity index (χ3n) is 2.56. The Morgan fingerprint density at radius 3 is 2.32 bits per heavy atom. The predicted molar refractivity (Wildman–Crippen MR) is 87.4 cm³/mol. The van der Waals surface area contributed by atoms with Gasteiger partial charge in [0.15, 0.2) is 0 Å². The molecule has 0 heterocycles. The van der Waals surface area contributed by atoms with Crippen LogP contribution in [0.5, 0.6) is 0 Å². The Balaban J connectivity index is 0.000000861. The summed E-state index contributed by atoms with van der Waals surface area (Å²) in [6, 6.07) is 14.6. The maximum Gasteiger partial charge on any atom is 0.0390 e. The molecule has 0 aliphatic rings. The zero-order chi connectivity index (χ0) is 14.1. The maximum absolute atomic E-state index is 3.76. The van der Waals surface area contributed by atoms with Gasteiger partial charge in [-0.25, -0.2) is 0 Å². The van der Waals surface area contributed by atoms with E-state index in [1.54, 1.807) is 12.2 Å². The van der Waals surface area contributed by atoms with Crippen LogP contribution in [-0.2, 0) is 0 Å². The van der Waals surface area contributed by atoms with Crippen molar-refractivity contribution in [3.05, 3.63) is 79.5 Å². The molecule has 2 aromatic carbocycles. The fourth-order valence-electron chi connectivity index (χ4n) is 1.72. The summed E-state index contributed by atoms with van der Waals surface area (Å²) in [6.45, 7) is 11.4. The van der Waals surface area contributed by atoms with Gasteiger partial charge in [-0.05, 0) is 35.1 Å². The van der Waals surface area contributed by atoms with Crippen LogP contribution in [-0.4, -0.2) is 0 Å². The zero-order valence-electron chi connectivity index (χ0n) is 11.7. The molecule has 1 N–H and O–H groups in total. The quantitative estimate of drug-likeness (QED) is 0.704. The van der Waals surface area contributed by atoms with Gasteiger partial charge in [-0.15, -0.1) is 0 Å². The molecule has 0 saturated heterocycles. The lowest BCUT2D eigenvalue weighted by Crippen LogP contribution is -1.95. The monoisotopic (exact) mass is 251 g/mol. The molecule has 2 rings (SSSR count). The van der Waals surface area contributed by atoms with Gasteiger partial charge in [0.25, 0.3) is 0 Å². The van der Waals surface area contributed by atoms with Crippen LogP contribution in [0, 0.1) is 0 Å².